The third-order valence-corrected chi connectivity index (χ3v) is 2.01. The van der Waals surface area contributed by atoms with Crippen LogP contribution in [0.3, 0.4) is 0 Å². The highest BCUT2D eigenvalue weighted by molar-refractivity contribution is 5.55. The van der Waals surface area contributed by atoms with Gasteiger partial charge in [0.2, 0.25) is 0 Å². The molecule has 0 radical (unpaired) electrons. The summed E-state index contributed by atoms with van der Waals surface area (Å²) in [5.74, 6) is 0.765. The molecule has 0 spiro atoms. The van der Waals surface area contributed by atoms with E-state index < -0.39 is 0 Å². The maximum absolute atomic E-state index is 10.3. The van der Waals surface area contributed by atoms with Gasteiger partial charge in [-0.25, -0.2) is 4.98 Å². The lowest BCUT2D eigenvalue weighted by molar-refractivity contribution is -0.107. The van der Waals surface area contributed by atoms with Gasteiger partial charge in [0.05, 0.1) is 12.8 Å². The summed E-state index contributed by atoms with van der Waals surface area (Å²) in [6.45, 7) is 0. The van der Waals surface area contributed by atoms with Gasteiger partial charge in [-0.15, -0.1) is 0 Å². The number of carbonyl (C=O) groups excluding carboxylic acids is 1. The van der Waals surface area contributed by atoms with E-state index in [0.717, 1.165) is 23.4 Å². The highest BCUT2D eigenvalue weighted by Crippen LogP contribution is 2.13. The molecule has 0 N–H and O–H groups in total. The molecule has 4 heteroatoms. The molecule has 14 heavy (non-hydrogen) atoms. The SMILES string of the molecule is COc1ccn2cc(CC=O)nc2c1. The Morgan fingerprint density at radius 2 is 2.50 bits per heavy atom. The summed E-state index contributed by atoms with van der Waals surface area (Å²) in [6, 6.07) is 3.67. The molecular formula is C10H10N2O2. The van der Waals surface area contributed by atoms with Crippen LogP contribution in [-0.2, 0) is 11.2 Å². The number of aldehydes is 1. The second kappa shape index (κ2) is 3.49. The van der Waals surface area contributed by atoms with Gasteiger partial charge >= 0.3 is 0 Å². The zero-order valence-corrected chi connectivity index (χ0v) is 7.80. The van der Waals surface area contributed by atoms with Crippen LogP contribution in [0, 0.1) is 0 Å². The van der Waals surface area contributed by atoms with Gasteiger partial charge in [0, 0.05) is 24.9 Å². The van der Waals surface area contributed by atoms with Crippen LogP contribution in [0.5, 0.6) is 5.75 Å². The second-order valence-corrected chi connectivity index (χ2v) is 2.94. The van der Waals surface area contributed by atoms with E-state index in [0.29, 0.717) is 6.42 Å². The van der Waals surface area contributed by atoms with E-state index in [-0.39, 0.29) is 0 Å². The van der Waals surface area contributed by atoms with Crippen LogP contribution in [0.25, 0.3) is 5.65 Å². The number of hydrogen-bond donors (Lipinski definition) is 0. The minimum absolute atomic E-state index is 0.351. The Morgan fingerprint density at radius 3 is 3.21 bits per heavy atom. The number of nitrogens with zero attached hydrogens (tertiary/aromatic N) is 2. The standard InChI is InChI=1S/C10H10N2O2/c1-14-9-2-4-12-7-8(3-5-13)11-10(12)6-9/h2,4-7H,3H2,1H3. The number of imidazole rings is 1. The number of pyridine rings is 1. The van der Waals surface area contributed by atoms with Gasteiger partial charge in [0.15, 0.2) is 0 Å². The molecule has 72 valence electrons. The van der Waals surface area contributed by atoms with Crippen LogP contribution in [-0.4, -0.2) is 22.8 Å². The monoisotopic (exact) mass is 190 g/mol. The van der Waals surface area contributed by atoms with Crippen molar-refractivity contribution in [1.29, 1.82) is 0 Å². The van der Waals surface area contributed by atoms with Crippen LogP contribution in [0.4, 0.5) is 0 Å². The van der Waals surface area contributed by atoms with Crippen LogP contribution < -0.4 is 4.74 Å². The Bertz CT molecular complexity index is 462. The fraction of sp³-hybridized carbons (Fsp3) is 0.200. The van der Waals surface area contributed by atoms with Crippen LogP contribution in [0.1, 0.15) is 5.69 Å². The van der Waals surface area contributed by atoms with Crippen LogP contribution in [0.2, 0.25) is 0 Å². The summed E-state index contributed by atoms with van der Waals surface area (Å²) in [6.07, 6.45) is 4.89. The molecule has 2 aromatic heterocycles. The predicted octanol–water partition coefficient (Wildman–Crippen LogP) is 1.08. The number of methoxy groups -OCH3 is 1. The van der Waals surface area contributed by atoms with E-state index in [1.807, 2.05) is 28.9 Å². The highest BCUT2D eigenvalue weighted by atomic mass is 16.5. The first kappa shape index (κ1) is 8.74. The molecule has 0 atom stereocenters. The minimum Gasteiger partial charge on any atom is -0.497 e. The van der Waals surface area contributed by atoms with Crippen molar-refractivity contribution in [1.82, 2.24) is 9.38 Å². The van der Waals surface area contributed by atoms with Crippen molar-refractivity contribution < 1.29 is 9.53 Å². The van der Waals surface area contributed by atoms with E-state index in [2.05, 4.69) is 4.98 Å². The Hall–Kier alpha value is -1.84. The van der Waals surface area contributed by atoms with E-state index in [4.69, 9.17) is 4.74 Å². The number of ether oxygens (including phenoxy) is 1. The van der Waals surface area contributed by atoms with E-state index in [9.17, 15) is 4.79 Å². The third-order valence-electron chi connectivity index (χ3n) is 2.01. The molecule has 2 rings (SSSR count). The maximum Gasteiger partial charge on any atom is 0.140 e. The predicted molar refractivity (Wildman–Crippen MR) is 51.5 cm³/mol. The molecule has 0 aliphatic heterocycles. The van der Waals surface area contributed by atoms with Gasteiger partial charge in [-0.1, -0.05) is 0 Å². The summed E-state index contributed by atoms with van der Waals surface area (Å²) in [4.78, 5) is 14.6. The van der Waals surface area contributed by atoms with Crippen LogP contribution in [0.15, 0.2) is 24.5 Å². The molecular weight excluding hydrogens is 180 g/mol. The molecule has 0 unspecified atom stereocenters. The molecule has 0 aliphatic carbocycles. The van der Waals surface area contributed by atoms with Crippen molar-refractivity contribution in [2.75, 3.05) is 7.11 Å². The largest absolute Gasteiger partial charge is 0.497 e. The fourth-order valence-electron chi connectivity index (χ4n) is 1.33. The average molecular weight is 190 g/mol. The third kappa shape index (κ3) is 1.46. The zero-order chi connectivity index (χ0) is 9.97. The van der Waals surface area contributed by atoms with Gasteiger partial charge in [-0.2, -0.15) is 0 Å². The summed E-state index contributed by atoms with van der Waals surface area (Å²) in [7, 11) is 1.61. The molecule has 0 fully saturated rings. The molecule has 0 aromatic carbocycles. The molecule has 0 saturated carbocycles. The first-order valence-electron chi connectivity index (χ1n) is 4.29. The number of fused-ring (bicyclic) bond motifs is 1. The van der Waals surface area contributed by atoms with Crippen molar-refractivity contribution in [3.63, 3.8) is 0 Å². The van der Waals surface area contributed by atoms with E-state index >= 15 is 0 Å². The molecule has 4 nitrogen and oxygen atoms in total. The normalized spacial score (nSPS) is 10.4. The zero-order valence-electron chi connectivity index (χ0n) is 7.80. The Labute approximate surface area is 81.1 Å². The van der Waals surface area contributed by atoms with E-state index in [1.165, 1.54) is 0 Å². The van der Waals surface area contributed by atoms with Gasteiger partial charge in [0.25, 0.3) is 0 Å². The smallest absolute Gasteiger partial charge is 0.140 e. The van der Waals surface area contributed by atoms with Gasteiger partial charge in [0.1, 0.15) is 17.7 Å². The lowest BCUT2D eigenvalue weighted by atomic mass is 10.4. The molecule has 2 heterocycles. The lowest BCUT2D eigenvalue weighted by Crippen LogP contribution is -1.86. The summed E-state index contributed by atoms with van der Waals surface area (Å²) >= 11 is 0. The Kier molecular flexibility index (Phi) is 2.18. The quantitative estimate of drug-likeness (QED) is 0.680. The number of rotatable bonds is 3. The lowest BCUT2D eigenvalue weighted by Gasteiger charge is -1.98. The molecule has 0 bridgehead atoms. The molecule has 2 aromatic rings. The first-order valence-corrected chi connectivity index (χ1v) is 4.29. The molecule has 0 amide bonds. The van der Waals surface area contributed by atoms with Gasteiger partial charge in [-0.3, -0.25) is 0 Å². The molecule has 0 saturated heterocycles. The maximum atomic E-state index is 10.3. The number of carbonyl (C=O) groups is 1. The topological polar surface area (TPSA) is 43.6 Å². The Morgan fingerprint density at radius 1 is 1.64 bits per heavy atom. The van der Waals surface area contributed by atoms with Crippen molar-refractivity contribution >= 4 is 11.9 Å². The van der Waals surface area contributed by atoms with Crippen molar-refractivity contribution in [2.45, 2.75) is 6.42 Å². The Balaban J connectivity index is 2.48. The second-order valence-electron chi connectivity index (χ2n) is 2.94. The van der Waals surface area contributed by atoms with Crippen molar-refractivity contribution in [3.8, 4) is 5.75 Å². The molecule has 0 aliphatic rings. The summed E-state index contributed by atoms with van der Waals surface area (Å²) in [5, 5.41) is 0. The number of aromatic nitrogens is 2. The van der Waals surface area contributed by atoms with Gasteiger partial charge in [-0.05, 0) is 6.07 Å². The van der Waals surface area contributed by atoms with Crippen molar-refractivity contribution in [2.24, 2.45) is 0 Å². The van der Waals surface area contributed by atoms with E-state index in [1.54, 1.807) is 7.11 Å². The average Bonchev–Trinajstić information content (AvgIpc) is 2.59. The highest BCUT2D eigenvalue weighted by Gasteiger charge is 2.01. The fourth-order valence-corrected chi connectivity index (χ4v) is 1.33. The first-order chi connectivity index (χ1) is 6.83. The summed E-state index contributed by atoms with van der Waals surface area (Å²) < 4.78 is 6.93. The van der Waals surface area contributed by atoms with Crippen molar-refractivity contribution in [3.05, 3.63) is 30.2 Å². The minimum atomic E-state index is 0.351. The van der Waals surface area contributed by atoms with Crippen LogP contribution >= 0.6 is 0 Å². The summed E-state index contributed by atoms with van der Waals surface area (Å²) in [5.41, 5.74) is 1.56. The van der Waals surface area contributed by atoms with Gasteiger partial charge < -0.3 is 13.9 Å². The number of hydrogen-bond acceptors (Lipinski definition) is 3.